The molecule has 0 radical (unpaired) electrons. The van der Waals surface area contributed by atoms with E-state index in [-0.39, 0.29) is 0 Å². The van der Waals surface area contributed by atoms with Gasteiger partial charge in [-0.2, -0.15) is 0 Å². The number of hydrogen-bond donors (Lipinski definition) is 1. The summed E-state index contributed by atoms with van der Waals surface area (Å²) in [6.07, 6.45) is 9.97. The van der Waals surface area contributed by atoms with Gasteiger partial charge in [0.2, 0.25) is 0 Å². The Bertz CT molecular complexity index is 406. The van der Waals surface area contributed by atoms with Crippen molar-refractivity contribution in [3.05, 3.63) is 29.8 Å². The normalized spacial score (nSPS) is 29.9. The van der Waals surface area contributed by atoms with Crippen molar-refractivity contribution in [2.75, 3.05) is 13.6 Å². The van der Waals surface area contributed by atoms with Gasteiger partial charge in [0, 0.05) is 10.1 Å². The molecule has 3 atom stereocenters. The Labute approximate surface area is 127 Å². The summed E-state index contributed by atoms with van der Waals surface area (Å²) in [5.74, 6) is 1.85. The summed E-state index contributed by atoms with van der Waals surface area (Å²) >= 11 is 2.14. The van der Waals surface area contributed by atoms with Crippen LogP contribution in [0.3, 0.4) is 0 Å². The van der Waals surface area contributed by atoms with Crippen LogP contribution in [0.25, 0.3) is 0 Å². The van der Waals surface area contributed by atoms with Gasteiger partial charge in [-0.15, -0.1) is 11.8 Å². The first kappa shape index (κ1) is 14.5. The summed E-state index contributed by atoms with van der Waals surface area (Å²) in [6.45, 7) is 1.22. The minimum absolute atomic E-state index is 0.829. The molecule has 1 fully saturated rings. The summed E-state index contributed by atoms with van der Waals surface area (Å²) in [7, 11) is 2.11. The molecule has 1 aliphatic heterocycles. The number of rotatable bonds is 4. The maximum Gasteiger partial charge on any atom is 0.0138 e. The summed E-state index contributed by atoms with van der Waals surface area (Å²) in [5, 5.41) is 4.26. The van der Waals surface area contributed by atoms with Gasteiger partial charge in [0.1, 0.15) is 0 Å². The number of hydrogen-bond acceptors (Lipinski definition) is 2. The SMILES string of the molecule is CNCC1CCCCCC1CC1Cc2ccccc2S1. The van der Waals surface area contributed by atoms with E-state index >= 15 is 0 Å². The van der Waals surface area contributed by atoms with Crippen LogP contribution >= 0.6 is 11.8 Å². The fraction of sp³-hybridized carbons (Fsp3) is 0.667. The highest BCUT2D eigenvalue weighted by atomic mass is 32.2. The fourth-order valence-electron chi connectivity index (χ4n) is 4.03. The standard InChI is InChI=1S/C18H27NS/c1-19-13-16-9-4-2-3-7-14(16)11-17-12-15-8-5-6-10-18(15)20-17/h5-6,8,10,14,16-17,19H,2-4,7,9,11-13H2,1H3. The molecule has 3 unspecified atom stereocenters. The molecule has 1 aromatic rings. The van der Waals surface area contributed by atoms with Crippen LogP contribution in [0.2, 0.25) is 0 Å². The molecule has 1 nitrogen and oxygen atoms in total. The van der Waals surface area contributed by atoms with E-state index in [0.29, 0.717) is 0 Å². The Morgan fingerprint density at radius 3 is 2.70 bits per heavy atom. The van der Waals surface area contributed by atoms with Gasteiger partial charge in [0.05, 0.1) is 0 Å². The van der Waals surface area contributed by atoms with Crippen molar-refractivity contribution in [1.82, 2.24) is 5.32 Å². The number of benzene rings is 1. The first-order chi connectivity index (χ1) is 9.86. The van der Waals surface area contributed by atoms with E-state index in [1.807, 2.05) is 0 Å². The van der Waals surface area contributed by atoms with E-state index < -0.39 is 0 Å². The highest BCUT2D eigenvalue weighted by Crippen LogP contribution is 2.42. The minimum Gasteiger partial charge on any atom is -0.319 e. The molecule has 0 spiro atoms. The molecular formula is C18H27NS. The lowest BCUT2D eigenvalue weighted by molar-refractivity contribution is 0.287. The summed E-state index contributed by atoms with van der Waals surface area (Å²) in [5.41, 5.74) is 1.58. The summed E-state index contributed by atoms with van der Waals surface area (Å²) in [4.78, 5) is 1.54. The van der Waals surface area contributed by atoms with Gasteiger partial charge < -0.3 is 5.32 Å². The number of thioether (sulfide) groups is 1. The number of nitrogens with one attached hydrogen (secondary N) is 1. The van der Waals surface area contributed by atoms with Gasteiger partial charge in [0.15, 0.2) is 0 Å². The van der Waals surface area contributed by atoms with Gasteiger partial charge in [-0.05, 0) is 56.3 Å². The van der Waals surface area contributed by atoms with Gasteiger partial charge in [0.25, 0.3) is 0 Å². The maximum absolute atomic E-state index is 3.43. The molecule has 1 heterocycles. The average Bonchev–Trinajstić information content (AvgIpc) is 2.74. The lowest BCUT2D eigenvalue weighted by atomic mass is 9.83. The molecule has 20 heavy (non-hydrogen) atoms. The molecule has 1 saturated carbocycles. The van der Waals surface area contributed by atoms with E-state index in [2.05, 4.69) is 48.4 Å². The van der Waals surface area contributed by atoms with E-state index in [0.717, 1.165) is 17.1 Å². The summed E-state index contributed by atoms with van der Waals surface area (Å²) < 4.78 is 0. The molecule has 0 aromatic heterocycles. The lowest BCUT2D eigenvalue weighted by Gasteiger charge is -2.27. The molecule has 1 N–H and O–H groups in total. The zero-order valence-corrected chi connectivity index (χ0v) is 13.4. The minimum atomic E-state index is 0.829. The first-order valence-corrected chi connectivity index (χ1v) is 9.14. The third-order valence-electron chi connectivity index (χ3n) is 5.06. The molecule has 110 valence electrons. The van der Waals surface area contributed by atoms with Crippen molar-refractivity contribution < 1.29 is 0 Å². The average molecular weight is 289 g/mol. The molecule has 1 aromatic carbocycles. The van der Waals surface area contributed by atoms with Crippen molar-refractivity contribution in [2.45, 2.75) is 55.1 Å². The fourth-order valence-corrected chi connectivity index (χ4v) is 5.45. The molecular weight excluding hydrogens is 262 g/mol. The molecule has 1 aliphatic carbocycles. The Balaban J connectivity index is 1.61. The van der Waals surface area contributed by atoms with Gasteiger partial charge in [-0.25, -0.2) is 0 Å². The Morgan fingerprint density at radius 2 is 1.90 bits per heavy atom. The van der Waals surface area contributed by atoms with Crippen LogP contribution in [0.4, 0.5) is 0 Å². The smallest absolute Gasteiger partial charge is 0.0138 e. The second kappa shape index (κ2) is 7.00. The quantitative estimate of drug-likeness (QED) is 0.819. The largest absolute Gasteiger partial charge is 0.319 e. The first-order valence-electron chi connectivity index (χ1n) is 8.26. The zero-order chi connectivity index (χ0) is 13.8. The summed E-state index contributed by atoms with van der Waals surface area (Å²) in [6, 6.07) is 9.00. The lowest BCUT2D eigenvalue weighted by Crippen LogP contribution is -2.27. The van der Waals surface area contributed by atoms with Crippen molar-refractivity contribution in [1.29, 1.82) is 0 Å². The third-order valence-corrected chi connectivity index (χ3v) is 6.41. The monoisotopic (exact) mass is 289 g/mol. The van der Waals surface area contributed by atoms with Gasteiger partial charge in [-0.1, -0.05) is 43.9 Å². The van der Waals surface area contributed by atoms with Crippen LogP contribution < -0.4 is 5.32 Å². The maximum atomic E-state index is 3.43. The van der Waals surface area contributed by atoms with Crippen molar-refractivity contribution in [3.8, 4) is 0 Å². The van der Waals surface area contributed by atoms with Crippen LogP contribution in [0.5, 0.6) is 0 Å². The Morgan fingerprint density at radius 1 is 1.10 bits per heavy atom. The van der Waals surface area contributed by atoms with Crippen LogP contribution in [-0.4, -0.2) is 18.8 Å². The molecule has 2 aliphatic rings. The van der Waals surface area contributed by atoms with Crippen LogP contribution in [0.1, 0.15) is 44.1 Å². The molecule has 2 heteroatoms. The van der Waals surface area contributed by atoms with E-state index in [9.17, 15) is 0 Å². The molecule has 0 amide bonds. The van der Waals surface area contributed by atoms with E-state index in [1.165, 1.54) is 56.4 Å². The zero-order valence-electron chi connectivity index (χ0n) is 12.6. The van der Waals surface area contributed by atoms with Crippen molar-refractivity contribution in [3.63, 3.8) is 0 Å². The van der Waals surface area contributed by atoms with Gasteiger partial charge in [-0.3, -0.25) is 0 Å². The second-order valence-electron chi connectivity index (χ2n) is 6.50. The second-order valence-corrected chi connectivity index (χ2v) is 7.85. The molecule has 0 saturated heterocycles. The molecule has 0 bridgehead atoms. The predicted molar refractivity (Wildman–Crippen MR) is 88.4 cm³/mol. The Kier molecular flexibility index (Phi) is 5.06. The van der Waals surface area contributed by atoms with Gasteiger partial charge >= 0.3 is 0 Å². The van der Waals surface area contributed by atoms with Crippen LogP contribution in [0, 0.1) is 11.8 Å². The van der Waals surface area contributed by atoms with Crippen molar-refractivity contribution in [2.24, 2.45) is 11.8 Å². The molecule has 3 rings (SSSR count). The topological polar surface area (TPSA) is 12.0 Å². The Hall–Kier alpha value is -0.470. The van der Waals surface area contributed by atoms with Crippen LogP contribution in [-0.2, 0) is 6.42 Å². The van der Waals surface area contributed by atoms with E-state index in [1.54, 1.807) is 5.56 Å². The number of fused-ring (bicyclic) bond motifs is 1. The van der Waals surface area contributed by atoms with Crippen molar-refractivity contribution >= 4 is 11.8 Å². The van der Waals surface area contributed by atoms with E-state index in [4.69, 9.17) is 0 Å². The highest BCUT2D eigenvalue weighted by molar-refractivity contribution is 8.00. The highest BCUT2D eigenvalue weighted by Gasteiger charge is 2.29. The predicted octanol–water partition coefficient (Wildman–Crippen LogP) is 4.51. The third kappa shape index (κ3) is 3.40. The van der Waals surface area contributed by atoms with Crippen LogP contribution in [0.15, 0.2) is 29.2 Å².